The Hall–Kier alpha value is -3.01. The molecule has 1 fully saturated rings. The molecular weight excluding hydrogens is 454 g/mol. The molecule has 0 spiro atoms. The fourth-order valence-corrected chi connectivity index (χ4v) is 5.60. The molecule has 0 bridgehead atoms. The normalized spacial score (nSPS) is 14.8. The molecule has 1 N–H and O–H groups in total. The van der Waals surface area contributed by atoms with Gasteiger partial charge in [0.25, 0.3) is 5.91 Å². The van der Waals surface area contributed by atoms with Crippen molar-refractivity contribution in [1.29, 1.82) is 0 Å². The molecule has 0 atom stereocenters. The van der Waals surface area contributed by atoms with Crippen LogP contribution in [0.1, 0.15) is 35.5 Å². The molecule has 0 radical (unpaired) electrons. The molecule has 4 rings (SSSR count). The van der Waals surface area contributed by atoms with E-state index in [4.69, 9.17) is 9.47 Å². The number of carbonyl (C=O) groups is 1. The number of sulfonamides is 1. The Labute approximate surface area is 199 Å². The van der Waals surface area contributed by atoms with Gasteiger partial charge in [0.1, 0.15) is 5.75 Å². The second kappa shape index (κ2) is 10.1. The smallest absolute Gasteiger partial charge is 0.256 e. The van der Waals surface area contributed by atoms with Crippen molar-refractivity contribution in [1.82, 2.24) is 9.29 Å². The number of para-hydroxylation sites is 1. The van der Waals surface area contributed by atoms with Crippen LogP contribution in [0.2, 0.25) is 0 Å². The van der Waals surface area contributed by atoms with Gasteiger partial charge in [-0.25, -0.2) is 8.42 Å². The number of benzene rings is 2. The predicted octanol–water partition coefficient (Wildman–Crippen LogP) is 3.78. The Balaban J connectivity index is 1.76. The van der Waals surface area contributed by atoms with Crippen LogP contribution in [0.5, 0.6) is 5.75 Å². The average Bonchev–Trinajstić information content (AvgIpc) is 2.85. The van der Waals surface area contributed by atoms with Crippen molar-refractivity contribution in [2.75, 3.05) is 38.2 Å². The van der Waals surface area contributed by atoms with Gasteiger partial charge in [0, 0.05) is 24.2 Å². The van der Waals surface area contributed by atoms with E-state index in [0.29, 0.717) is 56.3 Å². The number of ether oxygens (including phenoxy) is 2. The number of carbonyl (C=O) groups excluding carboxylic acids is 1. The van der Waals surface area contributed by atoms with E-state index >= 15 is 0 Å². The lowest BCUT2D eigenvalue weighted by Gasteiger charge is -2.26. The van der Waals surface area contributed by atoms with Crippen LogP contribution in [-0.4, -0.2) is 56.5 Å². The number of aromatic nitrogens is 1. The first-order valence-electron chi connectivity index (χ1n) is 11.4. The molecule has 9 heteroatoms. The highest BCUT2D eigenvalue weighted by Gasteiger charge is 2.28. The van der Waals surface area contributed by atoms with E-state index in [0.717, 1.165) is 22.2 Å². The number of anilines is 1. The first-order chi connectivity index (χ1) is 16.4. The van der Waals surface area contributed by atoms with Crippen LogP contribution < -0.4 is 10.1 Å². The van der Waals surface area contributed by atoms with Gasteiger partial charge < -0.3 is 14.8 Å². The zero-order valence-electron chi connectivity index (χ0n) is 19.6. The van der Waals surface area contributed by atoms with Crippen LogP contribution in [0.4, 0.5) is 5.69 Å². The van der Waals surface area contributed by atoms with Gasteiger partial charge in [-0.15, -0.1) is 0 Å². The Morgan fingerprint density at radius 3 is 2.59 bits per heavy atom. The first kappa shape index (κ1) is 24.1. The lowest BCUT2D eigenvalue weighted by atomic mass is 9.99. The summed E-state index contributed by atoms with van der Waals surface area (Å²) in [4.78, 5) is 18.4. The Morgan fingerprint density at radius 1 is 1.15 bits per heavy atom. The van der Waals surface area contributed by atoms with Crippen molar-refractivity contribution in [2.24, 2.45) is 0 Å². The fraction of sp³-hybridized carbons (Fsp3) is 0.360. The molecule has 0 unspecified atom stereocenters. The number of nitrogens with one attached hydrogen (secondary N) is 1. The number of aryl methyl sites for hydroxylation is 1. The van der Waals surface area contributed by atoms with E-state index < -0.39 is 10.0 Å². The third-order valence-electron chi connectivity index (χ3n) is 5.91. The standard InChI is InChI=1S/C25H29N3O5S/c1-4-20-17(3)24(19-8-6-7-9-21(19)26-20)25(29)27-22-16-18(10-11-23(22)33-5-2)34(30,31)28-12-14-32-15-13-28/h6-11,16H,4-5,12-15H2,1-3H3,(H,27,29). The summed E-state index contributed by atoms with van der Waals surface area (Å²) in [5.74, 6) is 0.0659. The molecule has 1 saturated heterocycles. The molecular formula is C25H29N3O5S. The molecule has 1 amide bonds. The van der Waals surface area contributed by atoms with E-state index in [1.807, 2.05) is 45.0 Å². The first-order valence-corrected chi connectivity index (χ1v) is 12.8. The van der Waals surface area contributed by atoms with E-state index in [1.54, 1.807) is 6.07 Å². The van der Waals surface area contributed by atoms with Gasteiger partial charge in [-0.1, -0.05) is 25.1 Å². The second-order valence-electron chi connectivity index (χ2n) is 7.99. The third kappa shape index (κ3) is 4.64. The average molecular weight is 484 g/mol. The van der Waals surface area contributed by atoms with Gasteiger partial charge in [-0.05, 0) is 50.1 Å². The largest absolute Gasteiger partial charge is 0.492 e. The van der Waals surface area contributed by atoms with Crippen molar-refractivity contribution < 1.29 is 22.7 Å². The zero-order chi connectivity index (χ0) is 24.3. The summed E-state index contributed by atoms with van der Waals surface area (Å²) >= 11 is 0. The summed E-state index contributed by atoms with van der Waals surface area (Å²) in [6.07, 6.45) is 0.689. The number of fused-ring (bicyclic) bond motifs is 1. The topological polar surface area (TPSA) is 97.8 Å². The molecule has 3 aromatic rings. The number of morpholine rings is 1. The minimum Gasteiger partial charge on any atom is -0.492 e. The van der Waals surface area contributed by atoms with Crippen LogP contribution in [0.25, 0.3) is 10.9 Å². The zero-order valence-corrected chi connectivity index (χ0v) is 20.4. The summed E-state index contributed by atoms with van der Waals surface area (Å²) in [5.41, 5.74) is 3.21. The number of hydrogen-bond donors (Lipinski definition) is 1. The molecule has 34 heavy (non-hydrogen) atoms. The minimum absolute atomic E-state index is 0.0960. The van der Waals surface area contributed by atoms with Crippen LogP contribution in [0.3, 0.4) is 0 Å². The van der Waals surface area contributed by atoms with Gasteiger partial charge in [0.2, 0.25) is 10.0 Å². The monoisotopic (exact) mass is 483 g/mol. The summed E-state index contributed by atoms with van der Waals surface area (Å²) in [7, 11) is -3.73. The van der Waals surface area contributed by atoms with Crippen LogP contribution in [0, 0.1) is 6.92 Å². The highest BCUT2D eigenvalue weighted by molar-refractivity contribution is 7.89. The Kier molecular flexibility index (Phi) is 7.16. The van der Waals surface area contributed by atoms with E-state index in [1.165, 1.54) is 16.4 Å². The molecule has 1 aliphatic heterocycles. The Morgan fingerprint density at radius 2 is 1.88 bits per heavy atom. The Bertz CT molecular complexity index is 1320. The number of nitrogens with zero attached hydrogens (tertiary/aromatic N) is 2. The molecule has 8 nitrogen and oxygen atoms in total. The summed E-state index contributed by atoms with van der Waals surface area (Å²) in [6.45, 7) is 7.38. The second-order valence-corrected chi connectivity index (χ2v) is 9.93. The maximum absolute atomic E-state index is 13.6. The van der Waals surface area contributed by atoms with Gasteiger partial charge >= 0.3 is 0 Å². The molecule has 2 heterocycles. The van der Waals surface area contributed by atoms with Crippen molar-refractivity contribution in [3.05, 3.63) is 59.3 Å². The molecule has 1 aliphatic rings. The maximum Gasteiger partial charge on any atom is 0.256 e. The van der Waals surface area contributed by atoms with Gasteiger partial charge in [-0.2, -0.15) is 4.31 Å². The van der Waals surface area contributed by atoms with E-state index in [2.05, 4.69) is 10.3 Å². The molecule has 2 aromatic carbocycles. The minimum atomic E-state index is -3.73. The van der Waals surface area contributed by atoms with Crippen LogP contribution >= 0.6 is 0 Å². The van der Waals surface area contributed by atoms with Crippen molar-refractivity contribution in [3.63, 3.8) is 0 Å². The lowest BCUT2D eigenvalue weighted by molar-refractivity contribution is 0.0730. The van der Waals surface area contributed by atoms with Crippen molar-refractivity contribution in [2.45, 2.75) is 32.1 Å². The number of pyridine rings is 1. The number of rotatable bonds is 7. The summed E-state index contributed by atoms with van der Waals surface area (Å²) in [6, 6.07) is 12.1. The number of hydrogen-bond acceptors (Lipinski definition) is 6. The van der Waals surface area contributed by atoms with Gasteiger partial charge in [-0.3, -0.25) is 9.78 Å². The van der Waals surface area contributed by atoms with Crippen molar-refractivity contribution in [3.8, 4) is 5.75 Å². The van der Waals surface area contributed by atoms with Crippen LogP contribution in [0.15, 0.2) is 47.4 Å². The SMILES string of the molecule is CCOc1ccc(S(=O)(=O)N2CCOCC2)cc1NC(=O)c1c(C)c(CC)nc2ccccc12. The maximum atomic E-state index is 13.6. The molecule has 0 aliphatic carbocycles. The number of amides is 1. The van der Waals surface area contributed by atoms with Crippen molar-refractivity contribution >= 4 is 32.5 Å². The van der Waals surface area contributed by atoms with Gasteiger partial charge in [0.05, 0.1) is 41.5 Å². The highest BCUT2D eigenvalue weighted by atomic mass is 32.2. The van der Waals surface area contributed by atoms with Gasteiger partial charge in [0.15, 0.2) is 0 Å². The molecule has 1 aromatic heterocycles. The van der Waals surface area contributed by atoms with E-state index in [-0.39, 0.29) is 10.8 Å². The third-order valence-corrected chi connectivity index (χ3v) is 7.80. The van der Waals surface area contributed by atoms with Crippen LogP contribution in [-0.2, 0) is 21.2 Å². The highest BCUT2D eigenvalue weighted by Crippen LogP contribution is 2.31. The molecule has 180 valence electrons. The fourth-order valence-electron chi connectivity index (χ4n) is 4.16. The van der Waals surface area contributed by atoms with E-state index in [9.17, 15) is 13.2 Å². The summed E-state index contributed by atoms with van der Waals surface area (Å²) in [5, 5.41) is 3.65. The molecule has 0 saturated carbocycles. The quantitative estimate of drug-likeness (QED) is 0.549. The lowest BCUT2D eigenvalue weighted by Crippen LogP contribution is -2.40. The predicted molar refractivity (Wildman–Crippen MR) is 131 cm³/mol. The summed E-state index contributed by atoms with van der Waals surface area (Å²) < 4.78 is 38.7.